The van der Waals surface area contributed by atoms with Gasteiger partial charge in [0, 0.05) is 5.02 Å². The van der Waals surface area contributed by atoms with Crippen LogP contribution in [0.4, 0.5) is 4.39 Å². The fourth-order valence-corrected chi connectivity index (χ4v) is 2.90. The molecular weight excluding hydrogens is 255 g/mol. The van der Waals surface area contributed by atoms with Crippen molar-refractivity contribution in [3.8, 4) is 0 Å². The summed E-state index contributed by atoms with van der Waals surface area (Å²) in [4.78, 5) is 11.3. The smallest absolute Gasteiger partial charge is 0.307 e. The van der Waals surface area contributed by atoms with Gasteiger partial charge in [-0.25, -0.2) is 4.39 Å². The summed E-state index contributed by atoms with van der Waals surface area (Å²) in [6, 6.07) is 4.43. The zero-order chi connectivity index (χ0) is 13.1. The van der Waals surface area contributed by atoms with Crippen molar-refractivity contribution in [1.29, 1.82) is 0 Å². The van der Waals surface area contributed by atoms with Crippen molar-refractivity contribution in [2.45, 2.75) is 32.1 Å². The molecule has 4 heteroatoms. The molecule has 0 aromatic heterocycles. The normalized spacial score (nSPS) is 17.9. The maximum atomic E-state index is 13.7. The third kappa shape index (κ3) is 3.02. The van der Waals surface area contributed by atoms with Gasteiger partial charge >= 0.3 is 5.97 Å². The SMILES string of the molecule is O=C(O)C(Cc1ccc(Cl)cc1F)C1CCCC1. The summed E-state index contributed by atoms with van der Waals surface area (Å²) in [7, 11) is 0. The highest BCUT2D eigenvalue weighted by molar-refractivity contribution is 6.30. The standard InChI is InChI=1S/C14H16ClFO2/c15-11-6-5-10(13(16)8-11)7-12(14(17)18)9-3-1-2-4-9/h5-6,8-9,12H,1-4,7H2,(H,17,18). The maximum absolute atomic E-state index is 13.7. The Balaban J connectivity index is 2.15. The predicted molar refractivity (Wildman–Crippen MR) is 68.2 cm³/mol. The Morgan fingerprint density at radius 2 is 2.11 bits per heavy atom. The molecule has 98 valence electrons. The fourth-order valence-electron chi connectivity index (χ4n) is 2.74. The van der Waals surface area contributed by atoms with E-state index in [1.807, 2.05) is 0 Å². The van der Waals surface area contributed by atoms with Gasteiger partial charge in [0.05, 0.1) is 5.92 Å². The Labute approximate surface area is 111 Å². The Morgan fingerprint density at radius 1 is 1.44 bits per heavy atom. The Kier molecular flexibility index (Phi) is 4.23. The molecule has 0 amide bonds. The largest absolute Gasteiger partial charge is 0.481 e. The van der Waals surface area contributed by atoms with E-state index in [0.717, 1.165) is 25.7 Å². The minimum atomic E-state index is -0.823. The predicted octanol–water partition coefficient (Wildman–Crippen LogP) is 3.91. The number of carboxylic acid groups (broad SMARTS) is 1. The van der Waals surface area contributed by atoms with Crippen molar-refractivity contribution < 1.29 is 14.3 Å². The lowest BCUT2D eigenvalue weighted by atomic mass is 9.85. The van der Waals surface area contributed by atoms with Gasteiger partial charge in [-0.2, -0.15) is 0 Å². The van der Waals surface area contributed by atoms with Gasteiger partial charge in [-0.3, -0.25) is 4.79 Å². The fraction of sp³-hybridized carbons (Fsp3) is 0.500. The Bertz CT molecular complexity index is 441. The van der Waals surface area contributed by atoms with Gasteiger partial charge in [0.25, 0.3) is 0 Å². The van der Waals surface area contributed by atoms with Gasteiger partial charge in [-0.1, -0.05) is 30.5 Å². The van der Waals surface area contributed by atoms with E-state index in [-0.39, 0.29) is 12.3 Å². The number of rotatable bonds is 4. The molecule has 1 N–H and O–H groups in total. The van der Waals surface area contributed by atoms with E-state index in [4.69, 9.17) is 11.6 Å². The lowest BCUT2D eigenvalue weighted by Crippen LogP contribution is -2.24. The third-order valence-electron chi connectivity index (χ3n) is 3.74. The molecule has 0 heterocycles. The summed E-state index contributed by atoms with van der Waals surface area (Å²) in [6.07, 6.45) is 4.29. The molecule has 1 fully saturated rings. The summed E-state index contributed by atoms with van der Waals surface area (Å²) in [5, 5.41) is 9.63. The summed E-state index contributed by atoms with van der Waals surface area (Å²) in [5.74, 6) is -1.54. The molecule has 18 heavy (non-hydrogen) atoms. The van der Waals surface area contributed by atoms with Crippen molar-refractivity contribution in [3.05, 3.63) is 34.6 Å². The minimum absolute atomic E-state index is 0.178. The van der Waals surface area contributed by atoms with Crippen molar-refractivity contribution in [3.63, 3.8) is 0 Å². The molecule has 1 aliphatic rings. The van der Waals surface area contributed by atoms with Crippen LogP contribution in [0.1, 0.15) is 31.2 Å². The Morgan fingerprint density at radius 3 is 2.67 bits per heavy atom. The van der Waals surface area contributed by atoms with Crippen LogP contribution in [0.15, 0.2) is 18.2 Å². The van der Waals surface area contributed by atoms with Crippen LogP contribution in [-0.2, 0) is 11.2 Å². The highest BCUT2D eigenvalue weighted by atomic mass is 35.5. The Hall–Kier alpha value is -1.09. The highest BCUT2D eigenvalue weighted by Gasteiger charge is 2.31. The molecule has 0 spiro atoms. The van der Waals surface area contributed by atoms with Crippen LogP contribution in [0.5, 0.6) is 0 Å². The van der Waals surface area contributed by atoms with E-state index in [2.05, 4.69) is 0 Å². The second-order valence-electron chi connectivity index (χ2n) is 4.93. The molecular formula is C14H16ClFO2. The molecule has 1 unspecified atom stereocenters. The number of halogens is 2. The van der Waals surface area contributed by atoms with Crippen LogP contribution in [0.2, 0.25) is 5.02 Å². The van der Waals surface area contributed by atoms with Crippen molar-refractivity contribution in [2.24, 2.45) is 11.8 Å². The molecule has 2 nitrogen and oxygen atoms in total. The summed E-state index contributed by atoms with van der Waals surface area (Å²) < 4.78 is 13.7. The maximum Gasteiger partial charge on any atom is 0.307 e. The van der Waals surface area contributed by atoms with Crippen molar-refractivity contribution >= 4 is 17.6 Å². The molecule has 0 aliphatic heterocycles. The first kappa shape index (κ1) is 13.3. The molecule has 1 aromatic carbocycles. The first-order valence-corrected chi connectivity index (χ1v) is 6.62. The van der Waals surface area contributed by atoms with Crippen LogP contribution >= 0.6 is 11.6 Å². The van der Waals surface area contributed by atoms with E-state index in [0.29, 0.717) is 10.6 Å². The van der Waals surface area contributed by atoms with Gasteiger partial charge in [0.2, 0.25) is 0 Å². The number of benzene rings is 1. The summed E-state index contributed by atoms with van der Waals surface area (Å²) in [6.45, 7) is 0. The van der Waals surface area contributed by atoms with Gasteiger partial charge in [-0.15, -0.1) is 0 Å². The van der Waals surface area contributed by atoms with Gasteiger partial charge in [0.1, 0.15) is 5.82 Å². The topological polar surface area (TPSA) is 37.3 Å². The molecule has 0 saturated heterocycles. The number of carbonyl (C=O) groups is 1. The molecule has 0 radical (unpaired) electrons. The highest BCUT2D eigenvalue weighted by Crippen LogP contribution is 2.34. The molecule has 1 aliphatic carbocycles. The van der Waals surface area contributed by atoms with E-state index in [1.165, 1.54) is 6.07 Å². The van der Waals surface area contributed by atoms with Crippen LogP contribution in [0.3, 0.4) is 0 Å². The van der Waals surface area contributed by atoms with Gasteiger partial charge in [-0.05, 0) is 42.9 Å². The van der Waals surface area contributed by atoms with Crippen molar-refractivity contribution in [2.75, 3.05) is 0 Å². The minimum Gasteiger partial charge on any atom is -0.481 e. The lowest BCUT2D eigenvalue weighted by Gasteiger charge is -2.19. The van der Waals surface area contributed by atoms with E-state index in [1.54, 1.807) is 12.1 Å². The van der Waals surface area contributed by atoms with Gasteiger partial charge < -0.3 is 5.11 Å². The average Bonchev–Trinajstić information content (AvgIpc) is 2.80. The zero-order valence-electron chi connectivity index (χ0n) is 10.0. The quantitative estimate of drug-likeness (QED) is 0.901. The molecule has 0 bridgehead atoms. The van der Waals surface area contributed by atoms with E-state index in [9.17, 15) is 14.3 Å². The number of hydrogen-bond donors (Lipinski definition) is 1. The van der Waals surface area contributed by atoms with Crippen LogP contribution < -0.4 is 0 Å². The average molecular weight is 271 g/mol. The second-order valence-corrected chi connectivity index (χ2v) is 5.37. The monoisotopic (exact) mass is 270 g/mol. The number of carboxylic acids is 1. The van der Waals surface area contributed by atoms with E-state index >= 15 is 0 Å². The summed E-state index contributed by atoms with van der Waals surface area (Å²) >= 11 is 5.69. The van der Waals surface area contributed by atoms with Gasteiger partial charge in [0.15, 0.2) is 0 Å². The number of aliphatic carboxylic acids is 1. The first-order chi connectivity index (χ1) is 8.58. The van der Waals surface area contributed by atoms with Crippen LogP contribution in [-0.4, -0.2) is 11.1 Å². The molecule has 1 atom stereocenters. The van der Waals surface area contributed by atoms with Crippen LogP contribution in [0, 0.1) is 17.7 Å². The zero-order valence-corrected chi connectivity index (χ0v) is 10.8. The molecule has 1 saturated carbocycles. The third-order valence-corrected chi connectivity index (χ3v) is 3.98. The van der Waals surface area contributed by atoms with E-state index < -0.39 is 17.7 Å². The summed E-state index contributed by atoms with van der Waals surface area (Å²) in [5.41, 5.74) is 0.443. The second kappa shape index (κ2) is 5.70. The molecule has 1 aromatic rings. The first-order valence-electron chi connectivity index (χ1n) is 6.24. The molecule has 2 rings (SSSR count). The van der Waals surface area contributed by atoms with Crippen molar-refractivity contribution in [1.82, 2.24) is 0 Å². The number of hydrogen-bond acceptors (Lipinski definition) is 1. The lowest BCUT2D eigenvalue weighted by molar-refractivity contribution is -0.143. The van der Waals surface area contributed by atoms with Crippen LogP contribution in [0.25, 0.3) is 0 Å².